The zero-order valence-electron chi connectivity index (χ0n) is 11.3. The van der Waals surface area contributed by atoms with Crippen LogP contribution < -0.4 is 5.32 Å². The number of nitrogens with one attached hydrogen (secondary N) is 2. The van der Waals surface area contributed by atoms with E-state index in [1.54, 1.807) is 6.20 Å². The average Bonchev–Trinajstić information content (AvgIpc) is 3.06. The molecule has 2 unspecified atom stereocenters. The maximum Gasteiger partial charge on any atom is 0.0710 e. The molecule has 4 heteroatoms. The van der Waals surface area contributed by atoms with E-state index in [-0.39, 0.29) is 0 Å². The number of hydrogen-bond donors (Lipinski definition) is 2. The molecule has 2 aromatic heterocycles. The van der Waals surface area contributed by atoms with Crippen LogP contribution in [0, 0.1) is 5.92 Å². The second kappa shape index (κ2) is 5.53. The highest BCUT2D eigenvalue weighted by atomic mass is 15.1. The van der Waals surface area contributed by atoms with Crippen LogP contribution in [0.2, 0.25) is 0 Å². The van der Waals surface area contributed by atoms with Gasteiger partial charge in [-0.25, -0.2) is 0 Å². The van der Waals surface area contributed by atoms with Crippen molar-refractivity contribution in [2.45, 2.75) is 38.8 Å². The number of nitrogens with zero attached hydrogens (tertiary/aromatic N) is 2. The average molecular weight is 256 g/mol. The van der Waals surface area contributed by atoms with E-state index in [1.165, 1.54) is 24.8 Å². The van der Waals surface area contributed by atoms with Gasteiger partial charge in [0, 0.05) is 36.1 Å². The first-order valence-electron chi connectivity index (χ1n) is 6.99. The Kier molecular flexibility index (Phi) is 3.60. The molecule has 100 valence electrons. The minimum atomic E-state index is 0.659. The van der Waals surface area contributed by atoms with Crippen molar-refractivity contribution in [1.29, 1.82) is 0 Å². The minimum Gasteiger partial charge on any atom is -0.310 e. The van der Waals surface area contributed by atoms with Crippen LogP contribution in [0.15, 0.2) is 30.7 Å². The minimum absolute atomic E-state index is 0.659. The SMILES string of the molecule is CC1CCC(NCc2cn[nH]c2-c2cccnc2)C1. The van der Waals surface area contributed by atoms with E-state index < -0.39 is 0 Å². The molecule has 1 fully saturated rings. The molecule has 0 aliphatic heterocycles. The lowest BCUT2D eigenvalue weighted by Gasteiger charge is -2.12. The van der Waals surface area contributed by atoms with Gasteiger partial charge in [-0.15, -0.1) is 0 Å². The molecule has 2 N–H and O–H groups in total. The maximum absolute atomic E-state index is 4.17. The highest BCUT2D eigenvalue weighted by Gasteiger charge is 2.21. The van der Waals surface area contributed by atoms with E-state index in [2.05, 4.69) is 33.5 Å². The number of hydrogen-bond acceptors (Lipinski definition) is 3. The van der Waals surface area contributed by atoms with Gasteiger partial charge in [0.1, 0.15) is 0 Å². The Labute approximate surface area is 113 Å². The summed E-state index contributed by atoms with van der Waals surface area (Å²) in [5.41, 5.74) is 3.38. The number of aromatic amines is 1. The van der Waals surface area contributed by atoms with Crippen molar-refractivity contribution in [1.82, 2.24) is 20.5 Å². The topological polar surface area (TPSA) is 53.6 Å². The third kappa shape index (κ3) is 2.84. The molecule has 0 saturated heterocycles. The van der Waals surface area contributed by atoms with Gasteiger partial charge in [-0.2, -0.15) is 5.10 Å². The van der Waals surface area contributed by atoms with E-state index >= 15 is 0 Å². The highest BCUT2D eigenvalue weighted by molar-refractivity contribution is 5.61. The van der Waals surface area contributed by atoms with Crippen molar-refractivity contribution in [2.75, 3.05) is 0 Å². The van der Waals surface area contributed by atoms with Crippen LogP contribution in [0.25, 0.3) is 11.3 Å². The maximum atomic E-state index is 4.17. The third-order valence-corrected chi connectivity index (χ3v) is 3.94. The monoisotopic (exact) mass is 256 g/mol. The highest BCUT2D eigenvalue weighted by Crippen LogP contribution is 2.25. The fraction of sp³-hybridized carbons (Fsp3) is 0.467. The molecule has 3 rings (SSSR count). The summed E-state index contributed by atoms with van der Waals surface area (Å²) in [5.74, 6) is 0.861. The van der Waals surface area contributed by atoms with Crippen molar-refractivity contribution >= 4 is 0 Å². The van der Waals surface area contributed by atoms with Crippen LogP contribution in [0.3, 0.4) is 0 Å². The number of pyridine rings is 1. The van der Waals surface area contributed by atoms with Gasteiger partial charge >= 0.3 is 0 Å². The van der Waals surface area contributed by atoms with Gasteiger partial charge in [-0.05, 0) is 37.3 Å². The Morgan fingerprint density at radius 1 is 1.37 bits per heavy atom. The molecule has 0 aromatic carbocycles. The van der Waals surface area contributed by atoms with Gasteiger partial charge < -0.3 is 5.32 Å². The van der Waals surface area contributed by atoms with Gasteiger partial charge in [-0.3, -0.25) is 10.1 Å². The molecular weight excluding hydrogens is 236 g/mol. The molecule has 0 bridgehead atoms. The molecule has 1 saturated carbocycles. The first kappa shape index (κ1) is 12.4. The van der Waals surface area contributed by atoms with E-state index in [1.807, 2.05) is 18.5 Å². The van der Waals surface area contributed by atoms with Crippen molar-refractivity contribution in [2.24, 2.45) is 5.92 Å². The van der Waals surface area contributed by atoms with Crippen LogP contribution in [-0.2, 0) is 6.54 Å². The number of rotatable bonds is 4. The summed E-state index contributed by atoms with van der Waals surface area (Å²) in [7, 11) is 0. The summed E-state index contributed by atoms with van der Waals surface area (Å²) in [6.45, 7) is 3.21. The van der Waals surface area contributed by atoms with Gasteiger partial charge in [0.25, 0.3) is 0 Å². The quantitative estimate of drug-likeness (QED) is 0.884. The first-order valence-corrected chi connectivity index (χ1v) is 6.99. The smallest absolute Gasteiger partial charge is 0.0710 e. The Morgan fingerprint density at radius 3 is 3.05 bits per heavy atom. The van der Waals surface area contributed by atoms with Gasteiger partial charge in [0.05, 0.1) is 11.9 Å². The lowest BCUT2D eigenvalue weighted by molar-refractivity contribution is 0.502. The molecule has 2 aromatic rings. The summed E-state index contributed by atoms with van der Waals surface area (Å²) in [5, 5.41) is 10.9. The largest absolute Gasteiger partial charge is 0.310 e. The van der Waals surface area contributed by atoms with Crippen LogP contribution in [0.4, 0.5) is 0 Å². The second-order valence-corrected chi connectivity index (χ2v) is 5.51. The standard InChI is InChI=1S/C15H20N4/c1-11-4-5-14(7-11)17-9-13-10-18-19-15(13)12-3-2-6-16-8-12/h2-3,6,8,10-11,14,17H,4-5,7,9H2,1H3,(H,18,19). The fourth-order valence-corrected chi connectivity index (χ4v) is 2.85. The molecule has 4 nitrogen and oxygen atoms in total. The van der Waals surface area contributed by atoms with Crippen molar-refractivity contribution in [3.05, 3.63) is 36.3 Å². The van der Waals surface area contributed by atoms with E-state index in [9.17, 15) is 0 Å². The predicted octanol–water partition coefficient (Wildman–Crippen LogP) is 2.75. The van der Waals surface area contributed by atoms with Crippen molar-refractivity contribution in [3.63, 3.8) is 0 Å². The number of aromatic nitrogens is 3. The lowest BCUT2D eigenvalue weighted by atomic mass is 10.1. The van der Waals surface area contributed by atoms with Gasteiger partial charge in [-0.1, -0.05) is 6.92 Å². The summed E-state index contributed by atoms with van der Waals surface area (Å²) in [4.78, 5) is 4.16. The molecule has 2 heterocycles. The van der Waals surface area contributed by atoms with E-state index in [0.717, 1.165) is 23.7 Å². The first-order chi connectivity index (χ1) is 9.33. The van der Waals surface area contributed by atoms with Gasteiger partial charge in [0.15, 0.2) is 0 Å². The zero-order valence-corrected chi connectivity index (χ0v) is 11.3. The van der Waals surface area contributed by atoms with Crippen LogP contribution in [0.5, 0.6) is 0 Å². The number of H-pyrrole nitrogens is 1. The molecule has 1 aliphatic carbocycles. The normalized spacial score (nSPS) is 22.8. The molecule has 0 radical (unpaired) electrons. The molecule has 0 spiro atoms. The van der Waals surface area contributed by atoms with Crippen LogP contribution >= 0.6 is 0 Å². The summed E-state index contributed by atoms with van der Waals surface area (Å²) < 4.78 is 0. The Balaban J connectivity index is 1.67. The Morgan fingerprint density at radius 2 is 2.32 bits per heavy atom. The molecule has 0 amide bonds. The van der Waals surface area contributed by atoms with Crippen LogP contribution in [-0.4, -0.2) is 21.2 Å². The Hall–Kier alpha value is -1.68. The van der Waals surface area contributed by atoms with Crippen LogP contribution in [0.1, 0.15) is 31.7 Å². The fourth-order valence-electron chi connectivity index (χ4n) is 2.85. The van der Waals surface area contributed by atoms with E-state index in [4.69, 9.17) is 0 Å². The lowest BCUT2D eigenvalue weighted by Crippen LogP contribution is -2.25. The predicted molar refractivity (Wildman–Crippen MR) is 75.5 cm³/mol. The summed E-state index contributed by atoms with van der Waals surface area (Å²) >= 11 is 0. The summed E-state index contributed by atoms with van der Waals surface area (Å²) in [6.07, 6.45) is 9.50. The zero-order chi connectivity index (χ0) is 13.1. The summed E-state index contributed by atoms with van der Waals surface area (Å²) in [6, 6.07) is 4.67. The van der Waals surface area contributed by atoms with E-state index in [0.29, 0.717) is 6.04 Å². The second-order valence-electron chi connectivity index (χ2n) is 5.51. The molecular formula is C15H20N4. The van der Waals surface area contributed by atoms with Crippen molar-refractivity contribution < 1.29 is 0 Å². The van der Waals surface area contributed by atoms with Gasteiger partial charge in [0.2, 0.25) is 0 Å². The molecule has 2 atom stereocenters. The molecule has 1 aliphatic rings. The molecule has 19 heavy (non-hydrogen) atoms. The van der Waals surface area contributed by atoms with Crippen molar-refractivity contribution in [3.8, 4) is 11.3 Å². The Bertz CT molecular complexity index is 520. The third-order valence-electron chi connectivity index (χ3n) is 3.94.